The molecule has 61 heavy (non-hydrogen) atoms. The Kier molecular flexibility index (Phi) is 9.05. The number of fused-ring (bicyclic) bond motifs is 7. The van der Waals surface area contributed by atoms with Crippen LogP contribution in [0.1, 0.15) is 16.7 Å². The van der Waals surface area contributed by atoms with E-state index in [-0.39, 0.29) is 0 Å². The molecule has 1 heterocycles. The van der Waals surface area contributed by atoms with Gasteiger partial charge in [-0.15, -0.1) is 0 Å². The second-order valence-electron chi connectivity index (χ2n) is 15.6. The van der Waals surface area contributed by atoms with Crippen molar-refractivity contribution in [1.82, 2.24) is 0 Å². The van der Waals surface area contributed by atoms with Crippen LogP contribution in [0.5, 0.6) is 0 Å². The van der Waals surface area contributed by atoms with Crippen LogP contribution in [0.4, 0.5) is 0 Å². The van der Waals surface area contributed by atoms with Crippen molar-refractivity contribution in [3.63, 3.8) is 0 Å². The molecule has 288 valence electrons. The Bertz CT molecular complexity index is 3490. The molecule has 0 amide bonds. The van der Waals surface area contributed by atoms with Crippen LogP contribution >= 0.6 is 0 Å². The molecule has 0 atom stereocenters. The summed E-state index contributed by atoms with van der Waals surface area (Å²) in [6, 6.07) is 75.1. The van der Waals surface area contributed by atoms with Crippen LogP contribution in [-0.2, 0) is 6.42 Å². The van der Waals surface area contributed by atoms with Crippen LogP contribution in [0.25, 0.3) is 93.3 Å². The van der Waals surface area contributed by atoms with Crippen molar-refractivity contribution in [2.75, 3.05) is 0 Å². The normalized spacial score (nSPS) is 12.3. The number of hydrogen-bond acceptors (Lipinski definition) is 2. The third-order valence-electron chi connectivity index (χ3n) is 12.0. The first-order valence-corrected chi connectivity index (χ1v) is 20.8. The molecule has 0 saturated carbocycles. The summed E-state index contributed by atoms with van der Waals surface area (Å²) in [7, 11) is 0. The third-order valence-corrected chi connectivity index (χ3v) is 12.0. The van der Waals surface area contributed by atoms with Gasteiger partial charge >= 0.3 is 0 Å². The smallest absolute Gasteiger partial charge is 0.136 e. The van der Waals surface area contributed by atoms with Crippen molar-refractivity contribution < 1.29 is 4.42 Å². The van der Waals surface area contributed by atoms with Gasteiger partial charge in [-0.2, -0.15) is 0 Å². The molecule has 1 aromatic heterocycles. The molecule has 0 unspecified atom stereocenters. The number of benzene rings is 10. The Labute approximate surface area is 354 Å². The Morgan fingerprint density at radius 1 is 0.443 bits per heavy atom. The Balaban J connectivity index is 1.04. The monoisotopic (exact) mass is 780 g/mol. The highest BCUT2D eigenvalue weighted by Gasteiger charge is 2.19. The second-order valence-corrected chi connectivity index (χ2v) is 15.6. The minimum absolute atomic E-state index is 0.472. The van der Waals surface area contributed by atoms with Crippen LogP contribution in [0.2, 0.25) is 0 Å². The number of para-hydroxylation sites is 1. The summed E-state index contributed by atoms with van der Waals surface area (Å²) in [5.41, 5.74) is 19.5. The van der Waals surface area contributed by atoms with Crippen LogP contribution in [-0.4, -0.2) is 5.84 Å². The largest absolute Gasteiger partial charge is 0.456 e. The maximum Gasteiger partial charge on any atom is 0.136 e. The summed E-state index contributed by atoms with van der Waals surface area (Å²) in [6.45, 7) is 0. The minimum Gasteiger partial charge on any atom is -0.456 e. The zero-order valence-electron chi connectivity index (χ0n) is 33.4. The van der Waals surface area contributed by atoms with Crippen LogP contribution in [0, 0.1) is 0 Å². The first kappa shape index (κ1) is 36.1. The number of nitrogens with zero attached hydrogens (tertiary/aromatic N) is 1. The maximum atomic E-state index is 6.77. The number of furan rings is 1. The predicted molar refractivity (Wildman–Crippen MR) is 258 cm³/mol. The molecule has 10 aromatic carbocycles. The van der Waals surface area contributed by atoms with Crippen LogP contribution < -0.4 is 5.73 Å². The average Bonchev–Trinajstić information content (AvgIpc) is 3.70. The summed E-state index contributed by atoms with van der Waals surface area (Å²) >= 11 is 0. The van der Waals surface area contributed by atoms with E-state index in [1.165, 1.54) is 54.6 Å². The molecule has 2 N–H and O–H groups in total. The summed E-state index contributed by atoms with van der Waals surface area (Å²) in [5, 5.41) is 9.65. The SMILES string of the molecule is NC(=N/C(=C\Cc1ccccc1-c1ccc2c(c1)oc1ccccc12)c1ccc(-c2c3ccccc3c(-c3ccccc3)c3ccc4ccccc4c23)cc1)c1ccccc1. The van der Waals surface area contributed by atoms with E-state index in [0.717, 1.165) is 55.5 Å². The van der Waals surface area contributed by atoms with E-state index in [2.05, 4.69) is 176 Å². The quantitative estimate of drug-likeness (QED) is 0.0722. The number of hydrogen-bond donors (Lipinski definition) is 1. The number of rotatable bonds is 8. The van der Waals surface area contributed by atoms with E-state index in [1.54, 1.807) is 0 Å². The van der Waals surface area contributed by atoms with Crippen molar-refractivity contribution in [3.05, 3.63) is 235 Å². The molecule has 0 saturated heterocycles. The highest BCUT2D eigenvalue weighted by atomic mass is 16.3. The molecule has 0 aliphatic carbocycles. The van der Waals surface area contributed by atoms with Gasteiger partial charge in [0, 0.05) is 16.3 Å². The molecule has 3 heteroatoms. The number of nitrogens with two attached hydrogens (primary N) is 1. The molecule has 3 nitrogen and oxygen atoms in total. The van der Waals surface area contributed by atoms with Crippen molar-refractivity contribution >= 4 is 65.8 Å². The molecule has 0 aliphatic rings. The first-order chi connectivity index (χ1) is 30.2. The lowest BCUT2D eigenvalue weighted by molar-refractivity contribution is 0.669. The van der Waals surface area contributed by atoms with Gasteiger partial charge in [0.05, 0.1) is 5.70 Å². The van der Waals surface area contributed by atoms with Crippen molar-refractivity contribution in [1.29, 1.82) is 0 Å². The molecule has 0 radical (unpaired) electrons. The van der Waals surface area contributed by atoms with Gasteiger partial charge in [-0.25, -0.2) is 4.99 Å². The fourth-order valence-corrected chi connectivity index (χ4v) is 9.08. The van der Waals surface area contributed by atoms with Gasteiger partial charge in [0.15, 0.2) is 0 Å². The van der Waals surface area contributed by atoms with E-state index < -0.39 is 0 Å². The van der Waals surface area contributed by atoms with Crippen LogP contribution in [0.3, 0.4) is 0 Å². The lowest BCUT2D eigenvalue weighted by Gasteiger charge is -2.19. The Morgan fingerprint density at radius 3 is 1.84 bits per heavy atom. The van der Waals surface area contributed by atoms with E-state index >= 15 is 0 Å². The van der Waals surface area contributed by atoms with Crippen molar-refractivity contribution in [3.8, 4) is 33.4 Å². The van der Waals surface area contributed by atoms with Gasteiger partial charge in [0.1, 0.15) is 17.0 Å². The van der Waals surface area contributed by atoms with E-state index in [1.807, 2.05) is 42.5 Å². The standard InChI is InChI=1S/C58H40N2O/c59-58(43-19-5-2-6-20-43)60-52(36-33-38-15-7-9-21-45(38)44-32-34-48-47-23-13-14-26-53(47)61-54(48)37-44)40-27-29-42(30-28-40)56-50-25-12-11-24-49(50)55(41-17-3-1-4-18-41)51-35-31-39-16-8-10-22-46(39)57(51)56/h1-32,34-37H,33H2,(H2,59,60)/b52-36-. The average molecular weight is 781 g/mol. The molecular weight excluding hydrogens is 741 g/mol. The fraction of sp³-hybridized carbons (Fsp3) is 0.0172. The molecule has 0 fully saturated rings. The summed E-state index contributed by atoms with van der Waals surface area (Å²) in [5.74, 6) is 0.472. The zero-order chi connectivity index (χ0) is 40.7. The number of aliphatic imine (C=N–C) groups is 1. The molecule has 11 rings (SSSR count). The molecular formula is C58H40N2O. The number of allylic oxidation sites excluding steroid dienone is 1. The van der Waals surface area contributed by atoms with Gasteiger partial charge in [0.2, 0.25) is 0 Å². The van der Waals surface area contributed by atoms with E-state index in [0.29, 0.717) is 12.3 Å². The maximum absolute atomic E-state index is 6.77. The Hall–Kier alpha value is -8.01. The van der Waals surface area contributed by atoms with Gasteiger partial charge in [0.25, 0.3) is 0 Å². The lowest BCUT2D eigenvalue weighted by Crippen LogP contribution is -2.13. The van der Waals surface area contributed by atoms with E-state index in [4.69, 9.17) is 15.1 Å². The molecule has 0 spiro atoms. The highest BCUT2D eigenvalue weighted by Crippen LogP contribution is 2.46. The highest BCUT2D eigenvalue weighted by molar-refractivity contribution is 6.28. The number of amidine groups is 1. The first-order valence-electron chi connectivity index (χ1n) is 20.8. The van der Waals surface area contributed by atoms with Gasteiger partial charge < -0.3 is 10.2 Å². The fourth-order valence-electron chi connectivity index (χ4n) is 9.08. The van der Waals surface area contributed by atoms with Crippen molar-refractivity contribution in [2.24, 2.45) is 10.7 Å². The Morgan fingerprint density at radius 2 is 1.03 bits per heavy atom. The third kappa shape index (κ3) is 6.54. The van der Waals surface area contributed by atoms with E-state index in [9.17, 15) is 0 Å². The summed E-state index contributed by atoms with van der Waals surface area (Å²) < 4.78 is 6.29. The molecule has 11 aromatic rings. The molecule has 0 aliphatic heterocycles. The summed E-state index contributed by atoms with van der Waals surface area (Å²) in [6.07, 6.45) is 2.86. The minimum atomic E-state index is 0.472. The molecule has 0 bridgehead atoms. The van der Waals surface area contributed by atoms with Crippen molar-refractivity contribution in [2.45, 2.75) is 6.42 Å². The lowest BCUT2D eigenvalue weighted by atomic mass is 9.84. The topological polar surface area (TPSA) is 51.5 Å². The van der Waals surface area contributed by atoms with Crippen LogP contribution in [0.15, 0.2) is 228 Å². The van der Waals surface area contributed by atoms with Gasteiger partial charge in [-0.05, 0) is 101 Å². The van der Waals surface area contributed by atoms with Gasteiger partial charge in [-0.1, -0.05) is 200 Å². The zero-order valence-corrected chi connectivity index (χ0v) is 33.4. The van der Waals surface area contributed by atoms with Gasteiger partial charge in [-0.3, -0.25) is 0 Å². The second kappa shape index (κ2) is 15.3. The summed E-state index contributed by atoms with van der Waals surface area (Å²) in [4.78, 5) is 5.13. The predicted octanol–water partition coefficient (Wildman–Crippen LogP) is 15.0.